The van der Waals surface area contributed by atoms with E-state index >= 15 is 0 Å². The van der Waals surface area contributed by atoms with Crippen LogP contribution in [-0.4, -0.2) is 46.7 Å². The number of nitrogens with zero attached hydrogens (tertiary/aromatic N) is 3. The summed E-state index contributed by atoms with van der Waals surface area (Å²) in [6, 6.07) is 0. The number of guanidine groups is 1. The van der Waals surface area contributed by atoms with Gasteiger partial charge >= 0.3 is 0 Å². The Kier molecular flexibility index (Phi) is 10.7. The summed E-state index contributed by atoms with van der Waals surface area (Å²) >= 11 is 2.04. The van der Waals surface area contributed by atoms with Gasteiger partial charge in [0.2, 0.25) is 5.89 Å². The van der Waals surface area contributed by atoms with Crippen LogP contribution in [0.4, 0.5) is 0 Å². The van der Waals surface area contributed by atoms with E-state index in [4.69, 9.17) is 4.52 Å². The Hall–Kier alpha value is -0.510. The van der Waals surface area contributed by atoms with E-state index in [9.17, 15) is 0 Å². The van der Waals surface area contributed by atoms with Crippen LogP contribution in [0.2, 0.25) is 0 Å². The van der Waals surface area contributed by atoms with Crippen LogP contribution < -0.4 is 10.6 Å². The number of aryl methyl sites for hydroxylation is 1. The molecular formula is C16H30IN5OS. The van der Waals surface area contributed by atoms with Gasteiger partial charge in [-0.25, -0.2) is 0 Å². The van der Waals surface area contributed by atoms with Gasteiger partial charge in [-0.15, -0.1) is 24.0 Å². The van der Waals surface area contributed by atoms with Gasteiger partial charge in [-0.2, -0.15) is 16.7 Å². The number of aliphatic imine (C=N–C) groups is 1. The lowest BCUT2D eigenvalue weighted by Gasteiger charge is -2.12. The molecule has 1 saturated heterocycles. The third kappa shape index (κ3) is 7.58. The smallest absolute Gasteiger partial charge is 0.226 e. The minimum absolute atomic E-state index is 0. The average molecular weight is 467 g/mol. The van der Waals surface area contributed by atoms with Gasteiger partial charge in [-0.1, -0.05) is 19.0 Å². The van der Waals surface area contributed by atoms with Crippen molar-refractivity contribution in [2.45, 2.75) is 57.6 Å². The van der Waals surface area contributed by atoms with Crippen molar-refractivity contribution in [3.05, 3.63) is 11.7 Å². The van der Waals surface area contributed by atoms with Crippen LogP contribution in [-0.2, 0) is 6.42 Å². The lowest BCUT2D eigenvalue weighted by molar-refractivity contribution is 0.368. The van der Waals surface area contributed by atoms with Gasteiger partial charge in [0, 0.05) is 30.7 Å². The molecule has 1 aliphatic rings. The largest absolute Gasteiger partial charge is 0.357 e. The van der Waals surface area contributed by atoms with Crippen molar-refractivity contribution in [1.29, 1.82) is 0 Å². The van der Waals surface area contributed by atoms with Crippen LogP contribution in [0, 0.1) is 0 Å². The summed E-state index contributed by atoms with van der Waals surface area (Å²) in [5, 5.41) is 11.4. The number of halogens is 1. The third-order valence-electron chi connectivity index (χ3n) is 3.68. The molecule has 0 bridgehead atoms. The predicted octanol–water partition coefficient (Wildman–Crippen LogP) is 3.19. The molecule has 0 aliphatic carbocycles. The van der Waals surface area contributed by atoms with Crippen LogP contribution in [0.25, 0.3) is 0 Å². The molecule has 1 fully saturated rings. The van der Waals surface area contributed by atoms with Crippen molar-refractivity contribution >= 4 is 41.7 Å². The van der Waals surface area contributed by atoms with Crippen molar-refractivity contribution in [3.63, 3.8) is 0 Å². The highest BCUT2D eigenvalue weighted by Crippen LogP contribution is 2.25. The molecule has 0 spiro atoms. The normalized spacial score (nSPS) is 17.8. The Labute approximate surface area is 166 Å². The Bertz CT molecular complexity index is 489. The molecule has 1 aliphatic heterocycles. The molecule has 2 N–H and O–H groups in total. The summed E-state index contributed by atoms with van der Waals surface area (Å²) in [6.07, 6.45) is 4.37. The second-order valence-corrected chi connectivity index (χ2v) is 7.49. The second-order valence-electron chi connectivity index (χ2n) is 6.09. The molecule has 2 heterocycles. The maximum Gasteiger partial charge on any atom is 0.226 e. The van der Waals surface area contributed by atoms with Crippen molar-refractivity contribution in [1.82, 2.24) is 20.8 Å². The van der Waals surface area contributed by atoms with Crippen LogP contribution in [0.3, 0.4) is 0 Å². The van der Waals surface area contributed by atoms with Gasteiger partial charge in [-0.3, -0.25) is 4.99 Å². The van der Waals surface area contributed by atoms with Gasteiger partial charge < -0.3 is 15.2 Å². The predicted molar refractivity (Wildman–Crippen MR) is 112 cm³/mol. The number of aromatic nitrogens is 2. The number of hydrogen-bond acceptors (Lipinski definition) is 5. The first-order valence-corrected chi connectivity index (χ1v) is 9.70. The van der Waals surface area contributed by atoms with Gasteiger partial charge in [-0.05, 0) is 31.9 Å². The number of thioether (sulfide) groups is 1. The van der Waals surface area contributed by atoms with E-state index in [0.29, 0.717) is 11.2 Å². The van der Waals surface area contributed by atoms with Crippen LogP contribution >= 0.6 is 35.7 Å². The molecule has 1 unspecified atom stereocenters. The third-order valence-corrected chi connectivity index (χ3v) is 5.06. The Morgan fingerprint density at radius 2 is 2.25 bits per heavy atom. The van der Waals surface area contributed by atoms with E-state index in [1.54, 1.807) is 0 Å². The Balaban J connectivity index is 0.00000288. The zero-order valence-electron chi connectivity index (χ0n) is 14.9. The van der Waals surface area contributed by atoms with Gasteiger partial charge in [0.15, 0.2) is 11.8 Å². The molecule has 138 valence electrons. The van der Waals surface area contributed by atoms with Gasteiger partial charge in [0.1, 0.15) is 0 Å². The molecule has 2 rings (SSSR count). The van der Waals surface area contributed by atoms with Crippen LogP contribution in [0.5, 0.6) is 0 Å². The molecule has 8 heteroatoms. The number of hydrogen-bond donors (Lipinski definition) is 2. The SMILES string of the molecule is CCNC(=NCC1CCCS1)NCCCc1nc(C(C)C)no1.I. The molecule has 1 aromatic rings. The molecule has 1 aromatic heterocycles. The molecule has 6 nitrogen and oxygen atoms in total. The highest BCUT2D eigenvalue weighted by molar-refractivity contribution is 14.0. The highest BCUT2D eigenvalue weighted by Gasteiger charge is 2.15. The lowest BCUT2D eigenvalue weighted by atomic mass is 10.2. The maximum atomic E-state index is 5.26. The number of rotatable bonds is 8. The fraction of sp³-hybridized carbons (Fsp3) is 0.812. The summed E-state index contributed by atoms with van der Waals surface area (Å²) in [6.45, 7) is 8.86. The van der Waals surface area contributed by atoms with E-state index in [-0.39, 0.29) is 24.0 Å². The van der Waals surface area contributed by atoms with E-state index in [1.165, 1.54) is 18.6 Å². The van der Waals surface area contributed by atoms with Crippen LogP contribution in [0.1, 0.15) is 57.7 Å². The molecule has 0 aromatic carbocycles. The zero-order valence-corrected chi connectivity index (χ0v) is 18.0. The van der Waals surface area contributed by atoms with E-state index in [0.717, 1.165) is 50.2 Å². The maximum absolute atomic E-state index is 5.26. The molecular weight excluding hydrogens is 437 g/mol. The minimum atomic E-state index is 0. The summed E-state index contributed by atoms with van der Waals surface area (Å²) in [7, 11) is 0. The fourth-order valence-electron chi connectivity index (χ4n) is 2.37. The first-order valence-electron chi connectivity index (χ1n) is 8.65. The molecule has 0 amide bonds. The van der Waals surface area contributed by atoms with Crippen molar-refractivity contribution < 1.29 is 4.52 Å². The molecule has 24 heavy (non-hydrogen) atoms. The zero-order chi connectivity index (χ0) is 16.5. The average Bonchev–Trinajstić information content (AvgIpc) is 3.20. The first kappa shape index (κ1) is 21.5. The summed E-state index contributed by atoms with van der Waals surface area (Å²) in [5.74, 6) is 4.02. The summed E-state index contributed by atoms with van der Waals surface area (Å²) < 4.78 is 5.26. The standard InChI is InChI=1S/C16H29N5OS.HI/c1-4-17-16(19-11-13-7-6-10-23-13)18-9-5-8-14-20-15(12(2)3)21-22-14;/h12-13H,4-11H2,1-3H3,(H2,17,18,19);1H. The Morgan fingerprint density at radius 1 is 1.42 bits per heavy atom. The van der Waals surface area contributed by atoms with Gasteiger partial charge in [0.05, 0.1) is 6.54 Å². The van der Waals surface area contributed by atoms with Gasteiger partial charge in [0.25, 0.3) is 0 Å². The summed E-state index contributed by atoms with van der Waals surface area (Å²) in [4.78, 5) is 9.09. The molecule has 0 radical (unpaired) electrons. The lowest BCUT2D eigenvalue weighted by Crippen LogP contribution is -2.38. The van der Waals surface area contributed by atoms with E-state index < -0.39 is 0 Å². The van der Waals surface area contributed by atoms with E-state index in [2.05, 4.69) is 46.5 Å². The minimum Gasteiger partial charge on any atom is -0.357 e. The number of nitrogens with one attached hydrogen (secondary N) is 2. The molecule has 1 atom stereocenters. The van der Waals surface area contributed by atoms with E-state index in [1.807, 2.05) is 11.8 Å². The highest BCUT2D eigenvalue weighted by atomic mass is 127. The second kappa shape index (κ2) is 11.9. The van der Waals surface area contributed by atoms with Crippen molar-refractivity contribution in [3.8, 4) is 0 Å². The van der Waals surface area contributed by atoms with Crippen molar-refractivity contribution in [2.75, 3.05) is 25.4 Å². The molecule has 0 saturated carbocycles. The summed E-state index contributed by atoms with van der Waals surface area (Å²) in [5.41, 5.74) is 0. The quantitative estimate of drug-likeness (QED) is 0.265. The monoisotopic (exact) mass is 467 g/mol. The Morgan fingerprint density at radius 3 is 2.88 bits per heavy atom. The van der Waals surface area contributed by atoms with Crippen LogP contribution in [0.15, 0.2) is 9.52 Å². The fourth-order valence-corrected chi connectivity index (χ4v) is 3.55. The topological polar surface area (TPSA) is 75.3 Å². The first-order chi connectivity index (χ1) is 11.2. The van der Waals surface area contributed by atoms with Crippen molar-refractivity contribution in [2.24, 2.45) is 4.99 Å².